The molecule has 0 aliphatic heterocycles. The number of aromatic nitrogens is 1. The lowest BCUT2D eigenvalue weighted by Crippen LogP contribution is -1.99. The lowest BCUT2D eigenvalue weighted by Gasteiger charge is -2.06. The number of nitrogen functional groups attached to an aromatic ring is 1. The smallest absolute Gasteiger partial charge is 0.311 e. The Labute approximate surface area is 118 Å². The van der Waals surface area contributed by atoms with Crippen molar-refractivity contribution in [3.05, 3.63) is 56.1 Å². The minimum absolute atomic E-state index is 0.0713. The molecule has 9 nitrogen and oxygen atoms in total. The summed E-state index contributed by atoms with van der Waals surface area (Å²) in [5.74, 6) is -0.374. The number of aryl methyl sites for hydroxylation is 1. The molecule has 2 rings (SSSR count). The highest BCUT2D eigenvalue weighted by Gasteiger charge is 2.18. The van der Waals surface area contributed by atoms with Crippen molar-refractivity contribution in [3.63, 3.8) is 0 Å². The van der Waals surface area contributed by atoms with Gasteiger partial charge in [0, 0.05) is 6.07 Å². The Morgan fingerprint density at radius 3 is 2.48 bits per heavy atom. The minimum atomic E-state index is -0.658. The first kappa shape index (κ1) is 14.2. The van der Waals surface area contributed by atoms with E-state index in [0.29, 0.717) is 5.56 Å². The number of hydrogen-bond acceptors (Lipinski definition) is 7. The van der Waals surface area contributed by atoms with Crippen molar-refractivity contribution in [2.75, 3.05) is 5.73 Å². The summed E-state index contributed by atoms with van der Waals surface area (Å²) in [6.07, 6.45) is 0. The number of anilines is 1. The fourth-order valence-electron chi connectivity index (χ4n) is 1.64. The molecule has 1 aromatic heterocycles. The average Bonchev–Trinajstić information content (AvgIpc) is 2.40. The maximum absolute atomic E-state index is 11.0. The second-order valence-corrected chi connectivity index (χ2v) is 4.18. The maximum Gasteiger partial charge on any atom is 0.311 e. The predicted molar refractivity (Wildman–Crippen MR) is 73.2 cm³/mol. The van der Waals surface area contributed by atoms with E-state index >= 15 is 0 Å². The van der Waals surface area contributed by atoms with E-state index in [4.69, 9.17) is 10.5 Å². The molecule has 0 spiro atoms. The van der Waals surface area contributed by atoms with Gasteiger partial charge in [-0.3, -0.25) is 20.2 Å². The number of benzene rings is 1. The Kier molecular flexibility index (Phi) is 3.65. The van der Waals surface area contributed by atoms with Crippen molar-refractivity contribution >= 4 is 17.2 Å². The van der Waals surface area contributed by atoms with Gasteiger partial charge in [0.25, 0.3) is 5.69 Å². The van der Waals surface area contributed by atoms with Crippen LogP contribution in [0.15, 0.2) is 30.3 Å². The van der Waals surface area contributed by atoms with Gasteiger partial charge < -0.3 is 10.5 Å². The normalized spacial score (nSPS) is 10.1. The monoisotopic (exact) mass is 290 g/mol. The molecule has 2 N–H and O–H groups in total. The van der Waals surface area contributed by atoms with Crippen LogP contribution in [0.3, 0.4) is 0 Å². The highest BCUT2D eigenvalue weighted by Crippen LogP contribution is 2.32. The highest BCUT2D eigenvalue weighted by molar-refractivity contribution is 5.51. The van der Waals surface area contributed by atoms with Gasteiger partial charge in [-0.15, -0.1) is 0 Å². The molecule has 0 unspecified atom stereocenters. The molecule has 0 aliphatic rings. The van der Waals surface area contributed by atoms with Crippen LogP contribution in [-0.2, 0) is 0 Å². The SMILES string of the molecule is Cc1ccc(Oc2cc([N+](=O)[O-])cc(N)n2)c([N+](=O)[O-])c1. The summed E-state index contributed by atoms with van der Waals surface area (Å²) in [5.41, 5.74) is 5.55. The number of nitrogens with zero attached hydrogens (tertiary/aromatic N) is 3. The maximum atomic E-state index is 11.0. The van der Waals surface area contributed by atoms with Gasteiger partial charge in [0.2, 0.25) is 11.6 Å². The van der Waals surface area contributed by atoms with Crippen molar-refractivity contribution in [1.82, 2.24) is 4.98 Å². The van der Waals surface area contributed by atoms with Crippen molar-refractivity contribution in [1.29, 1.82) is 0 Å². The molecule has 0 saturated heterocycles. The second kappa shape index (κ2) is 5.41. The molecule has 1 heterocycles. The summed E-state index contributed by atoms with van der Waals surface area (Å²) >= 11 is 0. The summed E-state index contributed by atoms with van der Waals surface area (Å²) in [7, 11) is 0. The van der Waals surface area contributed by atoms with Crippen molar-refractivity contribution in [3.8, 4) is 11.6 Å². The predicted octanol–water partition coefficient (Wildman–Crippen LogP) is 2.58. The van der Waals surface area contributed by atoms with Gasteiger partial charge >= 0.3 is 5.69 Å². The Balaban J connectivity index is 2.43. The summed E-state index contributed by atoms with van der Waals surface area (Å²) in [6.45, 7) is 1.69. The Bertz CT molecular complexity index is 732. The number of rotatable bonds is 4. The quantitative estimate of drug-likeness (QED) is 0.675. The molecule has 9 heteroatoms. The number of hydrogen-bond donors (Lipinski definition) is 1. The van der Waals surface area contributed by atoms with Crippen molar-refractivity contribution in [2.45, 2.75) is 6.92 Å². The number of pyridine rings is 1. The van der Waals surface area contributed by atoms with E-state index in [1.54, 1.807) is 13.0 Å². The standard InChI is InChI=1S/C12H10N4O5/c1-7-2-3-10(9(4-7)16(19)20)21-12-6-8(15(17)18)5-11(13)14-12/h2-6H,1H3,(H2,13,14). The first-order chi connectivity index (χ1) is 9.86. The first-order valence-electron chi connectivity index (χ1n) is 5.71. The number of ether oxygens (including phenoxy) is 1. The summed E-state index contributed by atoms with van der Waals surface area (Å²) in [6, 6.07) is 6.44. The van der Waals surface area contributed by atoms with Gasteiger partial charge in [-0.1, -0.05) is 6.07 Å². The van der Waals surface area contributed by atoms with E-state index in [2.05, 4.69) is 4.98 Å². The molecule has 1 aromatic carbocycles. The zero-order chi connectivity index (χ0) is 15.6. The van der Waals surface area contributed by atoms with Crippen LogP contribution in [0.5, 0.6) is 11.6 Å². The molecule has 0 atom stereocenters. The fraction of sp³-hybridized carbons (Fsp3) is 0.0833. The summed E-state index contributed by atoms with van der Waals surface area (Å²) < 4.78 is 5.26. The molecule has 0 bridgehead atoms. The van der Waals surface area contributed by atoms with Crippen LogP contribution in [0, 0.1) is 27.2 Å². The molecular formula is C12H10N4O5. The number of nitro benzene ring substituents is 1. The van der Waals surface area contributed by atoms with Gasteiger partial charge in [0.1, 0.15) is 5.82 Å². The fourth-order valence-corrected chi connectivity index (χ4v) is 1.64. The Morgan fingerprint density at radius 2 is 1.86 bits per heavy atom. The van der Waals surface area contributed by atoms with Crippen LogP contribution in [0.4, 0.5) is 17.2 Å². The van der Waals surface area contributed by atoms with Crippen LogP contribution in [0.2, 0.25) is 0 Å². The molecule has 0 radical (unpaired) electrons. The van der Waals surface area contributed by atoms with Crippen LogP contribution >= 0.6 is 0 Å². The zero-order valence-electron chi connectivity index (χ0n) is 10.8. The molecule has 2 aromatic rings. The van der Waals surface area contributed by atoms with Crippen LogP contribution < -0.4 is 10.5 Å². The molecule has 0 fully saturated rings. The third-order valence-electron chi connectivity index (χ3n) is 2.54. The second-order valence-electron chi connectivity index (χ2n) is 4.18. The zero-order valence-corrected chi connectivity index (χ0v) is 10.8. The lowest BCUT2D eigenvalue weighted by molar-refractivity contribution is -0.386. The Morgan fingerprint density at radius 1 is 1.14 bits per heavy atom. The minimum Gasteiger partial charge on any atom is -0.431 e. The molecule has 108 valence electrons. The van der Waals surface area contributed by atoms with Crippen LogP contribution in [0.1, 0.15) is 5.56 Å². The topological polar surface area (TPSA) is 134 Å². The van der Waals surface area contributed by atoms with E-state index in [1.165, 1.54) is 12.1 Å². The summed E-state index contributed by atoms with van der Waals surface area (Å²) in [5, 5.41) is 21.7. The summed E-state index contributed by atoms with van der Waals surface area (Å²) in [4.78, 5) is 24.2. The third kappa shape index (κ3) is 3.21. The van der Waals surface area contributed by atoms with E-state index in [9.17, 15) is 20.2 Å². The van der Waals surface area contributed by atoms with E-state index in [0.717, 1.165) is 12.1 Å². The van der Waals surface area contributed by atoms with E-state index in [1.807, 2.05) is 0 Å². The molecular weight excluding hydrogens is 280 g/mol. The largest absolute Gasteiger partial charge is 0.431 e. The van der Waals surface area contributed by atoms with E-state index < -0.39 is 9.85 Å². The molecule has 0 saturated carbocycles. The first-order valence-corrected chi connectivity index (χ1v) is 5.71. The Hall–Kier alpha value is -3.23. The van der Waals surface area contributed by atoms with Gasteiger partial charge in [-0.05, 0) is 18.6 Å². The third-order valence-corrected chi connectivity index (χ3v) is 2.54. The molecule has 0 aliphatic carbocycles. The van der Waals surface area contributed by atoms with Crippen LogP contribution in [-0.4, -0.2) is 14.8 Å². The molecule has 21 heavy (non-hydrogen) atoms. The van der Waals surface area contributed by atoms with Gasteiger partial charge in [0.15, 0.2) is 0 Å². The number of nitro groups is 2. The van der Waals surface area contributed by atoms with Gasteiger partial charge in [0.05, 0.1) is 22.0 Å². The van der Waals surface area contributed by atoms with Crippen molar-refractivity contribution < 1.29 is 14.6 Å². The number of nitrogens with two attached hydrogens (primary N) is 1. The highest BCUT2D eigenvalue weighted by atomic mass is 16.6. The lowest BCUT2D eigenvalue weighted by atomic mass is 10.2. The van der Waals surface area contributed by atoms with Crippen LogP contribution in [0.25, 0.3) is 0 Å². The van der Waals surface area contributed by atoms with Crippen molar-refractivity contribution in [2.24, 2.45) is 0 Å². The van der Waals surface area contributed by atoms with Gasteiger partial charge in [-0.2, -0.15) is 4.98 Å². The average molecular weight is 290 g/mol. The molecule has 0 amide bonds. The van der Waals surface area contributed by atoms with Gasteiger partial charge in [-0.25, -0.2) is 0 Å². The van der Waals surface area contributed by atoms with E-state index in [-0.39, 0.29) is 28.8 Å².